The summed E-state index contributed by atoms with van der Waals surface area (Å²) in [5, 5.41) is 0. The summed E-state index contributed by atoms with van der Waals surface area (Å²) >= 11 is 0. The summed E-state index contributed by atoms with van der Waals surface area (Å²) in [4.78, 5) is 7.06. The second kappa shape index (κ2) is 3.18. The lowest BCUT2D eigenvalue weighted by atomic mass is 10.3. The number of hydrogen-bond donors (Lipinski definition) is 2. The number of fused-ring (bicyclic) bond motifs is 1. The van der Waals surface area contributed by atoms with Gasteiger partial charge in [-0.25, -0.2) is 9.19 Å². The van der Waals surface area contributed by atoms with E-state index in [-0.39, 0.29) is 0 Å². The van der Waals surface area contributed by atoms with Crippen LogP contribution in [0.5, 0.6) is 0 Å². The zero-order chi connectivity index (χ0) is 9.26. The van der Waals surface area contributed by atoms with Crippen molar-refractivity contribution >= 4 is 27.7 Å². The van der Waals surface area contributed by atoms with Crippen LogP contribution in [-0.2, 0) is 11.0 Å². The largest absolute Gasteiger partial charge is 0.345 e. The van der Waals surface area contributed by atoms with E-state index in [2.05, 4.69) is 14.7 Å². The third kappa shape index (κ3) is 1.70. The highest BCUT2D eigenvalue weighted by molar-refractivity contribution is 7.85. The van der Waals surface area contributed by atoms with Crippen LogP contribution >= 0.6 is 0 Å². The summed E-state index contributed by atoms with van der Waals surface area (Å²) in [5.41, 5.74) is 2.68. The molecular weight excluding hydrogens is 186 g/mol. The second-order valence-electron chi connectivity index (χ2n) is 2.69. The first-order valence-corrected chi connectivity index (χ1v) is 5.35. The Balaban J connectivity index is 2.42. The number of rotatable bonds is 2. The number of H-pyrrole nitrogens is 1. The average molecular weight is 195 g/mol. The molecule has 1 atom stereocenters. The van der Waals surface area contributed by atoms with E-state index in [4.69, 9.17) is 0 Å². The molecule has 0 saturated heterocycles. The van der Waals surface area contributed by atoms with Gasteiger partial charge in [0.05, 0.1) is 17.4 Å². The maximum atomic E-state index is 10.9. The Kier molecular flexibility index (Phi) is 2.02. The van der Waals surface area contributed by atoms with Crippen molar-refractivity contribution in [2.45, 2.75) is 0 Å². The van der Waals surface area contributed by atoms with Gasteiger partial charge in [-0.1, -0.05) is 0 Å². The minimum absolute atomic E-state index is 0.831. The Morgan fingerprint density at radius 3 is 3.15 bits per heavy atom. The predicted octanol–water partition coefficient (Wildman–Crippen LogP) is 1.27. The Hall–Kier alpha value is -1.36. The zero-order valence-electron chi connectivity index (χ0n) is 7.07. The lowest BCUT2D eigenvalue weighted by molar-refractivity contribution is 0.690. The molecule has 0 aliphatic heterocycles. The fourth-order valence-electron chi connectivity index (χ4n) is 1.17. The van der Waals surface area contributed by atoms with Gasteiger partial charge in [0.2, 0.25) is 0 Å². The van der Waals surface area contributed by atoms with Crippen molar-refractivity contribution in [3.05, 3.63) is 24.5 Å². The molecule has 0 aliphatic rings. The number of imidazole rings is 1. The molecule has 1 heterocycles. The Bertz CT molecular complexity index is 451. The van der Waals surface area contributed by atoms with Crippen LogP contribution in [0.15, 0.2) is 24.5 Å². The molecule has 0 fully saturated rings. The molecule has 2 rings (SSSR count). The van der Waals surface area contributed by atoms with Crippen LogP contribution in [0.4, 0.5) is 5.69 Å². The van der Waals surface area contributed by atoms with Crippen LogP contribution in [-0.4, -0.2) is 20.4 Å². The van der Waals surface area contributed by atoms with Crippen LogP contribution in [0.25, 0.3) is 11.0 Å². The van der Waals surface area contributed by atoms with Gasteiger partial charge in [0.1, 0.15) is 11.0 Å². The molecule has 0 bridgehead atoms. The average Bonchev–Trinajstić information content (AvgIpc) is 2.49. The standard InChI is InChI=1S/C8H9N3OS/c1-13(12)11-6-2-3-7-8(4-6)10-5-9-7/h2-5,11H,1H3,(H,9,10). The first-order valence-electron chi connectivity index (χ1n) is 3.79. The first-order chi connectivity index (χ1) is 6.25. The molecule has 0 aliphatic carbocycles. The minimum Gasteiger partial charge on any atom is -0.345 e. The van der Waals surface area contributed by atoms with E-state index in [0.29, 0.717) is 0 Å². The molecule has 13 heavy (non-hydrogen) atoms. The molecule has 0 amide bonds. The van der Waals surface area contributed by atoms with Gasteiger partial charge < -0.3 is 9.71 Å². The van der Waals surface area contributed by atoms with Crippen LogP contribution < -0.4 is 4.72 Å². The molecule has 2 N–H and O–H groups in total. The van der Waals surface area contributed by atoms with Crippen molar-refractivity contribution in [1.29, 1.82) is 0 Å². The lowest BCUT2D eigenvalue weighted by Crippen LogP contribution is -2.00. The molecule has 1 unspecified atom stereocenters. The Labute approximate surface area is 78.0 Å². The van der Waals surface area contributed by atoms with Crippen LogP contribution in [0.1, 0.15) is 0 Å². The van der Waals surface area contributed by atoms with Crippen LogP contribution in [0.2, 0.25) is 0 Å². The first kappa shape index (κ1) is 8.25. The normalized spacial score (nSPS) is 13.0. The van der Waals surface area contributed by atoms with Gasteiger partial charge in [-0.2, -0.15) is 0 Å². The Morgan fingerprint density at radius 1 is 1.54 bits per heavy atom. The van der Waals surface area contributed by atoms with Gasteiger partial charge >= 0.3 is 0 Å². The molecule has 0 radical (unpaired) electrons. The highest BCUT2D eigenvalue weighted by Gasteiger charge is 1.98. The molecule has 0 spiro atoms. The second-order valence-corrected chi connectivity index (χ2v) is 3.80. The lowest BCUT2D eigenvalue weighted by Gasteiger charge is -2.00. The topological polar surface area (TPSA) is 57.8 Å². The maximum absolute atomic E-state index is 10.9. The van der Waals surface area contributed by atoms with Gasteiger partial charge in [-0.3, -0.25) is 0 Å². The van der Waals surface area contributed by atoms with E-state index >= 15 is 0 Å². The smallest absolute Gasteiger partial charge is 0.113 e. The third-order valence-corrected chi connectivity index (χ3v) is 2.20. The van der Waals surface area contributed by atoms with E-state index < -0.39 is 11.0 Å². The number of nitrogens with zero attached hydrogens (tertiary/aromatic N) is 1. The number of anilines is 1. The predicted molar refractivity (Wildman–Crippen MR) is 53.8 cm³/mol. The molecular formula is C8H9N3OS. The van der Waals surface area contributed by atoms with Gasteiger partial charge in [-0.15, -0.1) is 0 Å². The van der Waals surface area contributed by atoms with Gasteiger partial charge in [-0.05, 0) is 18.2 Å². The highest BCUT2D eigenvalue weighted by atomic mass is 32.2. The summed E-state index contributed by atoms with van der Waals surface area (Å²) in [5.74, 6) is 0. The van der Waals surface area contributed by atoms with Crippen molar-refractivity contribution < 1.29 is 4.21 Å². The van der Waals surface area contributed by atoms with Crippen molar-refractivity contribution in [2.75, 3.05) is 11.0 Å². The van der Waals surface area contributed by atoms with E-state index in [0.717, 1.165) is 16.7 Å². The fraction of sp³-hybridized carbons (Fsp3) is 0.125. The summed E-state index contributed by atoms with van der Waals surface area (Å²) in [7, 11) is -1.03. The van der Waals surface area contributed by atoms with Gasteiger partial charge in [0.15, 0.2) is 0 Å². The summed E-state index contributed by atoms with van der Waals surface area (Å²) in [6.07, 6.45) is 3.23. The van der Waals surface area contributed by atoms with E-state index in [9.17, 15) is 4.21 Å². The molecule has 5 heteroatoms. The molecule has 1 aromatic carbocycles. The van der Waals surface area contributed by atoms with Crippen LogP contribution in [0, 0.1) is 0 Å². The molecule has 0 saturated carbocycles. The zero-order valence-corrected chi connectivity index (χ0v) is 7.89. The van der Waals surface area contributed by atoms with E-state index in [1.54, 1.807) is 12.6 Å². The molecule has 4 nitrogen and oxygen atoms in total. The monoisotopic (exact) mass is 195 g/mol. The number of nitrogens with one attached hydrogen (secondary N) is 2. The van der Waals surface area contributed by atoms with Crippen molar-refractivity contribution in [3.63, 3.8) is 0 Å². The fourth-order valence-corrected chi connectivity index (χ4v) is 1.62. The van der Waals surface area contributed by atoms with Gasteiger partial charge in [0, 0.05) is 11.9 Å². The van der Waals surface area contributed by atoms with E-state index in [1.807, 2.05) is 18.2 Å². The maximum Gasteiger partial charge on any atom is 0.113 e. The SMILES string of the molecule is CS(=O)Nc1ccc2nc[nH]c2c1. The summed E-state index contributed by atoms with van der Waals surface area (Å²) in [6.45, 7) is 0. The molecule has 1 aromatic heterocycles. The minimum atomic E-state index is -1.03. The van der Waals surface area contributed by atoms with Crippen LogP contribution in [0.3, 0.4) is 0 Å². The summed E-state index contributed by atoms with van der Waals surface area (Å²) < 4.78 is 13.7. The number of aromatic nitrogens is 2. The molecule has 2 aromatic rings. The summed E-state index contributed by atoms with van der Waals surface area (Å²) in [6, 6.07) is 5.61. The number of aromatic amines is 1. The highest BCUT2D eigenvalue weighted by Crippen LogP contribution is 2.15. The Morgan fingerprint density at radius 2 is 2.38 bits per heavy atom. The van der Waals surface area contributed by atoms with Crippen molar-refractivity contribution in [1.82, 2.24) is 9.97 Å². The van der Waals surface area contributed by atoms with E-state index in [1.165, 1.54) is 0 Å². The number of benzene rings is 1. The molecule has 68 valence electrons. The van der Waals surface area contributed by atoms with Crippen molar-refractivity contribution in [3.8, 4) is 0 Å². The third-order valence-electron chi connectivity index (χ3n) is 1.68. The quantitative estimate of drug-likeness (QED) is 0.758. The van der Waals surface area contributed by atoms with Gasteiger partial charge in [0.25, 0.3) is 0 Å². The van der Waals surface area contributed by atoms with Crippen molar-refractivity contribution in [2.24, 2.45) is 0 Å². The number of hydrogen-bond acceptors (Lipinski definition) is 2.